The Labute approximate surface area is 217 Å². The standard InChI is InChI=1S/C29H24F3N3O3/c30-29(31,32)25-10-5-21(6-11-25)7-12-27(36)35(26(28(37)38)20-34-17-1-2-18-34)19-22-3-8-23(9-4-22)24-13-15-33-16-14-24/h1-18,26H,19-20H2,(H,37,38)/b12-7+. The first-order chi connectivity index (χ1) is 18.2. The van der Waals surface area contributed by atoms with Crippen molar-refractivity contribution in [2.24, 2.45) is 0 Å². The van der Waals surface area contributed by atoms with Gasteiger partial charge in [0.05, 0.1) is 12.1 Å². The zero-order valence-corrected chi connectivity index (χ0v) is 20.1. The second kappa shape index (κ2) is 11.6. The van der Waals surface area contributed by atoms with Gasteiger partial charge in [0.1, 0.15) is 6.04 Å². The Morgan fingerprint density at radius 2 is 1.53 bits per heavy atom. The molecule has 0 saturated carbocycles. The first-order valence-electron chi connectivity index (χ1n) is 11.7. The second-order valence-corrected chi connectivity index (χ2v) is 8.59. The van der Waals surface area contributed by atoms with E-state index in [4.69, 9.17) is 0 Å². The molecule has 1 amide bonds. The molecule has 0 spiro atoms. The molecule has 4 aromatic rings. The van der Waals surface area contributed by atoms with Crippen LogP contribution in [-0.4, -0.2) is 37.5 Å². The van der Waals surface area contributed by atoms with Crippen molar-refractivity contribution in [1.82, 2.24) is 14.5 Å². The van der Waals surface area contributed by atoms with Crippen LogP contribution in [0.2, 0.25) is 0 Å². The van der Waals surface area contributed by atoms with E-state index in [1.807, 2.05) is 36.4 Å². The van der Waals surface area contributed by atoms with E-state index in [9.17, 15) is 27.9 Å². The van der Waals surface area contributed by atoms with Crippen molar-refractivity contribution in [1.29, 1.82) is 0 Å². The molecule has 9 heteroatoms. The molecule has 38 heavy (non-hydrogen) atoms. The number of carboxylic acids is 1. The van der Waals surface area contributed by atoms with E-state index in [2.05, 4.69) is 4.98 Å². The quantitative estimate of drug-likeness (QED) is 0.285. The molecule has 0 aliphatic heterocycles. The molecule has 0 fully saturated rings. The Morgan fingerprint density at radius 3 is 2.11 bits per heavy atom. The van der Waals surface area contributed by atoms with Crippen LogP contribution in [0.1, 0.15) is 16.7 Å². The van der Waals surface area contributed by atoms with E-state index < -0.39 is 29.7 Å². The van der Waals surface area contributed by atoms with Gasteiger partial charge < -0.3 is 14.6 Å². The van der Waals surface area contributed by atoms with E-state index in [1.165, 1.54) is 29.2 Å². The number of carbonyl (C=O) groups is 2. The van der Waals surface area contributed by atoms with Gasteiger partial charge in [-0.2, -0.15) is 13.2 Å². The summed E-state index contributed by atoms with van der Waals surface area (Å²) >= 11 is 0. The maximum Gasteiger partial charge on any atom is 0.416 e. The third-order valence-electron chi connectivity index (χ3n) is 5.97. The number of hydrogen-bond donors (Lipinski definition) is 1. The monoisotopic (exact) mass is 519 g/mol. The Bertz CT molecular complexity index is 1380. The van der Waals surface area contributed by atoms with Gasteiger partial charge in [-0.3, -0.25) is 9.78 Å². The van der Waals surface area contributed by atoms with E-state index >= 15 is 0 Å². The fourth-order valence-corrected chi connectivity index (χ4v) is 3.93. The normalized spacial score (nSPS) is 12.4. The number of aliphatic carboxylic acids is 1. The maximum atomic E-state index is 13.3. The minimum atomic E-state index is -4.46. The molecular formula is C29H24F3N3O3. The highest BCUT2D eigenvalue weighted by Crippen LogP contribution is 2.29. The number of hydrogen-bond acceptors (Lipinski definition) is 3. The van der Waals surface area contributed by atoms with E-state index in [0.717, 1.165) is 28.8 Å². The summed E-state index contributed by atoms with van der Waals surface area (Å²) < 4.78 is 40.2. The van der Waals surface area contributed by atoms with E-state index in [0.29, 0.717) is 5.56 Å². The summed E-state index contributed by atoms with van der Waals surface area (Å²) in [6, 6.07) is 17.8. The molecule has 1 N–H and O–H groups in total. The molecule has 0 radical (unpaired) electrons. The second-order valence-electron chi connectivity index (χ2n) is 8.59. The predicted octanol–water partition coefficient (Wildman–Crippen LogP) is 5.76. The number of carboxylic acid groups (broad SMARTS) is 1. The lowest BCUT2D eigenvalue weighted by Crippen LogP contribution is -2.46. The maximum absolute atomic E-state index is 13.3. The molecule has 6 nitrogen and oxygen atoms in total. The number of pyridine rings is 1. The lowest BCUT2D eigenvalue weighted by atomic mass is 10.0. The topological polar surface area (TPSA) is 75.4 Å². The SMILES string of the molecule is O=C(O)C(Cn1cccc1)N(Cc1ccc(-c2ccncc2)cc1)C(=O)/C=C/c1ccc(C(F)(F)F)cc1. The molecular weight excluding hydrogens is 495 g/mol. The van der Waals surface area contributed by atoms with Crippen molar-refractivity contribution in [2.45, 2.75) is 25.3 Å². The molecule has 1 unspecified atom stereocenters. The third-order valence-corrected chi connectivity index (χ3v) is 5.97. The number of amides is 1. The van der Waals surface area contributed by atoms with Crippen LogP contribution in [-0.2, 0) is 28.9 Å². The lowest BCUT2D eigenvalue weighted by molar-refractivity contribution is -0.149. The number of benzene rings is 2. The highest BCUT2D eigenvalue weighted by Gasteiger charge is 2.30. The molecule has 4 rings (SSSR count). The van der Waals surface area contributed by atoms with Gasteiger partial charge in [0, 0.05) is 37.4 Å². The average Bonchev–Trinajstić information content (AvgIpc) is 3.43. The fourth-order valence-electron chi connectivity index (χ4n) is 3.93. The number of carbonyl (C=O) groups excluding carboxylic acids is 1. The zero-order chi connectivity index (χ0) is 27.1. The number of nitrogens with zero attached hydrogens (tertiary/aromatic N) is 3. The van der Waals surface area contributed by atoms with E-state index in [1.54, 1.807) is 41.5 Å². The summed E-state index contributed by atoms with van der Waals surface area (Å²) in [7, 11) is 0. The van der Waals surface area contributed by atoms with Crippen LogP contribution in [0.25, 0.3) is 17.2 Å². The van der Waals surface area contributed by atoms with Crippen LogP contribution in [0.3, 0.4) is 0 Å². The van der Waals surface area contributed by atoms with Crippen LogP contribution in [0.15, 0.2) is 104 Å². The molecule has 0 aliphatic rings. The highest BCUT2D eigenvalue weighted by atomic mass is 19.4. The fraction of sp³-hybridized carbons (Fsp3) is 0.138. The minimum absolute atomic E-state index is 0.0189. The van der Waals surface area contributed by atoms with Crippen LogP contribution in [0.5, 0.6) is 0 Å². The smallest absolute Gasteiger partial charge is 0.416 e. The summed E-state index contributed by atoms with van der Waals surface area (Å²) in [5.74, 6) is -1.76. The molecule has 2 heterocycles. The number of alkyl halides is 3. The summed E-state index contributed by atoms with van der Waals surface area (Å²) in [5.41, 5.74) is 2.21. The highest BCUT2D eigenvalue weighted by molar-refractivity contribution is 5.94. The number of aromatic nitrogens is 2. The summed E-state index contributed by atoms with van der Waals surface area (Å²) in [6.07, 6.45) is 4.88. The van der Waals surface area contributed by atoms with Crippen LogP contribution < -0.4 is 0 Å². The number of halogens is 3. The van der Waals surface area contributed by atoms with Gasteiger partial charge in [-0.15, -0.1) is 0 Å². The van der Waals surface area contributed by atoms with Crippen LogP contribution in [0.4, 0.5) is 13.2 Å². The van der Waals surface area contributed by atoms with Gasteiger partial charge in [0.15, 0.2) is 0 Å². The Kier molecular flexibility index (Phi) is 8.06. The van der Waals surface area contributed by atoms with Gasteiger partial charge in [0.2, 0.25) is 5.91 Å². The molecule has 1 atom stereocenters. The predicted molar refractivity (Wildman–Crippen MR) is 137 cm³/mol. The van der Waals surface area contributed by atoms with Crippen molar-refractivity contribution in [2.75, 3.05) is 0 Å². The van der Waals surface area contributed by atoms with E-state index in [-0.39, 0.29) is 13.1 Å². The minimum Gasteiger partial charge on any atom is -0.480 e. The first kappa shape index (κ1) is 26.4. The van der Waals surface area contributed by atoms with Crippen LogP contribution in [0, 0.1) is 0 Å². The van der Waals surface area contributed by atoms with Crippen molar-refractivity contribution in [3.8, 4) is 11.1 Å². The Hall–Kier alpha value is -4.66. The molecule has 0 aliphatic carbocycles. The summed E-state index contributed by atoms with van der Waals surface area (Å²) in [4.78, 5) is 30.8. The molecule has 0 saturated heterocycles. The van der Waals surface area contributed by atoms with Gasteiger partial charge >= 0.3 is 12.1 Å². The van der Waals surface area contributed by atoms with Gasteiger partial charge in [0.25, 0.3) is 0 Å². The van der Waals surface area contributed by atoms with Crippen molar-refractivity contribution >= 4 is 18.0 Å². The zero-order valence-electron chi connectivity index (χ0n) is 20.1. The van der Waals surface area contributed by atoms with Crippen molar-refractivity contribution in [3.63, 3.8) is 0 Å². The third kappa shape index (κ3) is 6.76. The molecule has 2 aromatic carbocycles. The van der Waals surface area contributed by atoms with Gasteiger partial charge in [-0.1, -0.05) is 36.4 Å². The Morgan fingerprint density at radius 1 is 0.921 bits per heavy atom. The molecule has 2 aromatic heterocycles. The number of rotatable bonds is 9. The first-order valence-corrected chi connectivity index (χ1v) is 11.7. The molecule has 194 valence electrons. The van der Waals surface area contributed by atoms with Crippen molar-refractivity contribution in [3.05, 3.63) is 120 Å². The van der Waals surface area contributed by atoms with Gasteiger partial charge in [-0.25, -0.2) is 4.79 Å². The van der Waals surface area contributed by atoms with Crippen molar-refractivity contribution < 1.29 is 27.9 Å². The summed E-state index contributed by atoms with van der Waals surface area (Å²) in [5, 5.41) is 10.0. The summed E-state index contributed by atoms with van der Waals surface area (Å²) in [6.45, 7) is 0.0440. The largest absolute Gasteiger partial charge is 0.480 e. The lowest BCUT2D eigenvalue weighted by Gasteiger charge is -2.28. The Balaban J connectivity index is 1.59. The van der Waals surface area contributed by atoms with Crippen LogP contribution >= 0.6 is 0 Å². The van der Waals surface area contributed by atoms with Gasteiger partial charge in [-0.05, 0) is 64.7 Å². The average molecular weight is 520 g/mol. The molecule has 0 bridgehead atoms.